The maximum absolute atomic E-state index is 4.72. The van der Waals surface area contributed by atoms with Crippen LogP contribution in [-0.2, 0) is 6.42 Å². The molecule has 0 aliphatic heterocycles. The maximum atomic E-state index is 4.72. The van der Waals surface area contributed by atoms with Crippen LogP contribution in [0.2, 0.25) is 0 Å². The number of nitrogens with zero attached hydrogens (tertiary/aromatic N) is 3. The SMILES string of the molecule is CCc1nc2cc(C)c(C)nc2n1-c1ccccc1. The molecular formula is C16H17N3. The molecule has 2 aromatic heterocycles. The first kappa shape index (κ1) is 11.9. The molecule has 96 valence electrons. The van der Waals surface area contributed by atoms with Gasteiger partial charge in [-0.05, 0) is 37.6 Å². The summed E-state index contributed by atoms with van der Waals surface area (Å²) in [6.45, 7) is 6.25. The number of para-hydroxylation sites is 1. The van der Waals surface area contributed by atoms with Crippen LogP contribution >= 0.6 is 0 Å². The van der Waals surface area contributed by atoms with Gasteiger partial charge in [0.1, 0.15) is 11.3 Å². The molecule has 0 saturated carbocycles. The lowest BCUT2D eigenvalue weighted by molar-refractivity contribution is 0.900. The summed E-state index contributed by atoms with van der Waals surface area (Å²) < 4.78 is 2.15. The Bertz CT molecular complexity index is 727. The molecule has 0 atom stereocenters. The van der Waals surface area contributed by atoms with Crippen LogP contribution in [-0.4, -0.2) is 14.5 Å². The predicted molar refractivity (Wildman–Crippen MR) is 77.7 cm³/mol. The molecule has 19 heavy (non-hydrogen) atoms. The lowest BCUT2D eigenvalue weighted by Crippen LogP contribution is -2.01. The Morgan fingerprint density at radius 3 is 2.47 bits per heavy atom. The highest BCUT2D eigenvalue weighted by molar-refractivity contribution is 5.75. The van der Waals surface area contributed by atoms with Crippen molar-refractivity contribution in [3.8, 4) is 5.69 Å². The van der Waals surface area contributed by atoms with Crippen LogP contribution in [0.15, 0.2) is 36.4 Å². The molecule has 3 rings (SSSR count). The Labute approximate surface area is 112 Å². The highest BCUT2D eigenvalue weighted by Crippen LogP contribution is 2.22. The lowest BCUT2D eigenvalue weighted by Gasteiger charge is -2.07. The van der Waals surface area contributed by atoms with Gasteiger partial charge in [-0.2, -0.15) is 0 Å². The summed E-state index contributed by atoms with van der Waals surface area (Å²) in [5.41, 5.74) is 5.30. The maximum Gasteiger partial charge on any atom is 0.164 e. The summed E-state index contributed by atoms with van der Waals surface area (Å²) in [6.07, 6.45) is 0.892. The third-order valence-electron chi connectivity index (χ3n) is 3.48. The zero-order valence-electron chi connectivity index (χ0n) is 11.5. The van der Waals surface area contributed by atoms with Crippen LogP contribution in [0.4, 0.5) is 0 Å². The third-order valence-corrected chi connectivity index (χ3v) is 3.48. The van der Waals surface area contributed by atoms with E-state index in [-0.39, 0.29) is 0 Å². The summed E-state index contributed by atoms with van der Waals surface area (Å²) in [4.78, 5) is 9.43. The van der Waals surface area contributed by atoms with Crippen molar-refractivity contribution in [1.82, 2.24) is 14.5 Å². The first-order chi connectivity index (χ1) is 9.20. The fourth-order valence-electron chi connectivity index (χ4n) is 2.32. The first-order valence-electron chi connectivity index (χ1n) is 6.61. The molecular weight excluding hydrogens is 234 g/mol. The molecule has 0 spiro atoms. The van der Waals surface area contributed by atoms with E-state index >= 15 is 0 Å². The van der Waals surface area contributed by atoms with Crippen LogP contribution in [0.3, 0.4) is 0 Å². The highest BCUT2D eigenvalue weighted by atomic mass is 15.1. The van der Waals surface area contributed by atoms with Crippen molar-refractivity contribution in [3.63, 3.8) is 0 Å². The second-order valence-corrected chi connectivity index (χ2v) is 4.79. The molecule has 0 radical (unpaired) electrons. The molecule has 1 aromatic carbocycles. The van der Waals surface area contributed by atoms with Gasteiger partial charge in [0, 0.05) is 17.8 Å². The minimum absolute atomic E-state index is 0.892. The minimum Gasteiger partial charge on any atom is -0.281 e. The minimum atomic E-state index is 0.892. The Morgan fingerprint density at radius 1 is 1.05 bits per heavy atom. The van der Waals surface area contributed by atoms with Gasteiger partial charge in [0.25, 0.3) is 0 Å². The van der Waals surface area contributed by atoms with Crippen molar-refractivity contribution in [2.75, 3.05) is 0 Å². The van der Waals surface area contributed by atoms with Crippen LogP contribution in [0.5, 0.6) is 0 Å². The predicted octanol–water partition coefficient (Wildman–Crippen LogP) is 3.60. The molecule has 0 N–H and O–H groups in total. The number of benzene rings is 1. The van der Waals surface area contributed by atoms with Gasteiger partial charge < -0.3 is 0 Å². The van der Waals surface area contributed by atoms with Gasteiger partial charge in [0.2, 0.25) is 0 Å². The van der Waals surface area contributed by atoms with E-state index in [0.717, 1.165) is 34.8 Å². The standard InChI is InChI=1S/C16H17N3/c1-4-15-18-14-10-11(2)12(3)17-16(14)19(15)13-8-6-5-7-9-13/h5-10H,4H2,1-3H3. The summed E-state index contributed by atoms with van der Waals surface area (Å²) in [5.74, 6) is 1.05. The summed E-state index contributed by atoms with van der Waals surface area (Å²) in [7, 11) is 0. The van der Waals surface area contributed by atoms with E-state index in [0.29, 0.717) is 0 Å². The van der Waals surface area contributed by atoms with E-state index in [2.05, 4.69) is 36.6 Å². The smallest absolute Gasteiger partial charge is 0.164 e. The Kier molecular flexibility index (Phi) is 2.82. The van der Waals surface area contributed by atoms with Gasteiger partial charge in [-0.25, -0.2) is 9.97 Å². The number of aromatic nitrogens is 3. The van der Waals surface area contributed by atoms with E-state index in [9.17, 15) is 0 Å². The normalized spacial score (nSPS) is 11.1. The molecule has 0 fully saturated rings. The van der Waals surface area contributed by atoms with Crippen molar-refractivity contribution < 1.29 is 0 Å². The molecule has 0 unspecified atom stereocenters. The molecule has 0 aliphatic carbocycles. The quantitative estimate of drug-likeness (QED) is 0.696. The van der Waals surface area contributed by atoms with Gasteiger partial charge in [0.15, 0.2) is 5.65 Å². The molecule has 0 bridgehead atoms. The second-order valence-electron chi connectivity index (χ2n) is 4.79. The Morgan fingerprint density at radius 2 is 1.79 bits per heavy atom. The van der Waals surface area contributed by atoms with E-state index in [1.807, 2.05) is 25.1 Å². The largest absolute Gasteiger partial charge is 0.281 e. The summed E-state index contributed by atoms with van der Waals surface area (Å²) >= 11 is 0. The number of aryl methyl sites for hydroxylation is 3. The van der Waals surface area contributed by atoms with Crippen LogP contribution in [0, 0.1) is 13.8 Å². The van der Waals surface area contributed by atoms with E-state index in [4.69, 9.17) is 9.97 Å². The van der Waals surface area contributed by atoms with Gasteiger partial charge in [0.05, 0.1) is 0 Å². The zero-order chi connectivity index (χ0) is 13.4. The first-order valence-corrected chi connectivity index (χ1v) is 6.61. The monoisotopic (exact) mass is 251 g/mol. The van der Waals surface area contributed by atoms with E-state index in [1.54, 1.807) is 0 Å². The highest BCUT2D eigenvalue weighted by Gasteiger charge is 2.13. The van der Waals surface area contributed by atoms with Crippen LogP contribution in [0.25, 0.3) is 16.9 Å². The van der Waals surface area contributed by atoms with Crippen molar-refractivity contribution in [2.45, 2.75) is 27.2 Å². The second kappa shape index (κ2) is 4.50. The molecule has 2 heterocycles. The average molecular weight is 251 g/mol. The molecule has 0 amide bonds. The number of hydrogen-bond donors (Lipinski definition) is 0. The van der Waals surface area contributed by atoms with Crippen molar-refractivity contribution in [2.24, 2.45) is 0 Å². The summed E-state index contributed by atoms with van der Waals surface area (Å²) in [5, 5.41) is 0. The van der Waals surface area contributed by atoms with E-state index in [1.165, 1.54) is 5.56 Å². The molecule has 0 aliphatic rings. The Balaban J connectivity index is 2.36. The fraction of sp³-hybridized carbons (Fsp3) is 0.250. The topological polar surface area (TPSA) is 30.7 Å². The van der Waals surface area contributed by atoms with Crippen LogP contribution < -0.4 is 0 Å². The lowest BCUT2D eigenvalue weighted by atomic mass is 10.2. The molecule has 3 nitrogen and oxygen atoms in total. The van der Waals surface area contributed by atoms with Crippen LogP contribution in [0.1, 0.15) is 24.0 Å². The summed E-state index contributed by atoms with van der Waals surface area (Å²) in [6, 6.07) is 12.4. The fourth-order valence-corrected chi connectivity index (χ4v) is 2.32. The Hall–Kier alpha value is -2.16. The van der Waals surface area contributed by atoms with Gasteiger partial charge >= 0.3 is 0 Å². The van der Waals surface area contributed by atoms with Gasteiger partial charge in [-0.1, -0.05) is 25.1 Å². The number of pyridine rings is 1. The number of rotatable bonds is 2. The van der Waals surface area contributed by atoms with E-state index < -0.39 is 0 Å². The third kappa shape index (κ3) is 1.91. The number of hydrogen-bond acceptors (Lipinski definition) is 2. The van der Waals surface area contributed by atoms with Gasteiger partial charge in [-0.15, -0.1) is 0 Å². The van der Waals surface area contributed by atoms with Crippen molar-refractivity contribution in [3.05, 3.63) is 53.5 Å². The average Bonchev–Trinajstić information content (AvgIpc) is 2.78. The van der Waals surface area contributed by atoms with Gasteiger partial charge in [-0.3, -0.25) is 4.57 Å². The zero-order valence-corrected chi connectivity index (χ0v) is 11.5. The number of imidazole rings is 1. The number of fused-ring (bicyclic) bond motifs is 1. The molecule has 3 heteroatoms. The molecule has 3 aromatic rings. The van der Waals surface area contributed by atoms with Crippen molar-refractivity contribution in [1.29, 1.82) is 0 Å². The molecule has 0 saturated heterocycles. The van der Waals surface area contributed by atoms with Crippen molar-refractivity contribution >= 4 is 11.2 Å².